The highest BCUT2D eigenvalue weighted by atomic mass is 16.5. The normalized spacial score (nSPS) is 19.2. The van der Waals surface area contributed by atoms with Gasteiger partial charge in [-0.25, -0.2) is 4.98 Å². The van der Waals surface area contributed by atoms with Gasteiger partial charge in [0.1, 0.15) is 0 Å². The van der Waals surface area contributed by atoms with Gasteiger partial charge in [-0.05, 0) is 19.8 Å². The minimum absolute atomic E-state index is 0.109. The molecule has 0 radical (unpaired) electrons. The van der Waals surface area contributed by atoms with E-state index in [1.165, 1.54) is 0 Å². The molecule has 0 amide bonds. The zero-order valence-electron chi connectivity index (χ0n) is 13.3. The first-order valence-corrected chi connectivity index (χ1v) is 7.98. The number of anilines is 1. The molecular formula is C15H28N4O2. The van der Waals surface area contributed by atoms with E-state index in [-0.39, 0.29) is 6.10 Å². The van der Waals surface area contributed by atoms with E-state index < -0.39 is 0 Å². The maximum Gasteiger partial charge on any atom is 0.205 e. The average Bonchev–Trinajstić information content (AvgIpc) is 2.95. The lowest BCUT2D eigenvalue weighted by Crippen LogP contribution is -2.46. The number of nitrogens with two attached hydrogens (primary N) is 1. The molecular weight excluding hydrogens is 268 g/mol. The molecule has 0 bridgehead atoms. The second-order valence-electron chi connectivity index (χ2n) is 5.30. The molecule has 2 rings (SSSR count). The zero-order chi connectivity index (χ0) is 15.1. The summed E-state index contributed by atoms with van der Waals surface area (Å²) in [4.78, 5) is 7.06. The molecule has 1 saturated heterocycles. The number of morpholine rings is 1. The van der Waals surface area contributed by atoms with Crippen LogP contribution in [0.4, 0.5) is 5.95 Å². The van der Waals surface area contributed by atoms with Gasteiger partial charge in [0.15, 0.2) is 0 Å². The Kier molecular flexibility index (Phi) is 6.48. The molecule has 6 heteroatoms. The molecule has 2 heterocycles. The second kappa shape index (κ2) is 8.36. The predicted molar refractivity (Wildman–Crippen MR) is 83.7 cm³/mol. The van der Waals surface area contributed by atoms with Crippen LogP contribution in [0.3, 0.4) is 0 Å². The molecule has 2 N–H and O–H groups in total. The molecule has 1 aromatic rings. The molecule has 1 fully saturated rings. The number of hydrogen-bond acceptors (Lipinski definition) is 5. The van der Waals surface area contributed by atoms with Crippen molar-refractivity contribution in [2.75, 3.05) is 44.4 Å². The molecule has 21 heavy (non-hydrogen) atoms. The lowest BCUT2D eigenvalue weighted by atomic mass is 10.3. The Morgan fingerprint density at radius 2 is 2.33 bits per heavy atom. The minimum atomic E-state index is 0.109. The molecule has 0 saturated carbocycles. The number of imidazole rings is 1. The Morgan fingerprint density at radius 3 is 3.05 bits per heavy atom. The summed E-state index contributed by atoms with van der Waals surface area (Å²) in [6.45, 7) is 9.65. The Bertz CT molecular complexity index is 422. The van der Waals surface area contributed by atoms with Crippen molar-refractivity contribution in [2.45, 2.75) is 39.3 Å². The molecule has 0 aliphatic carbocycles. The van der Waals surface area contributed by atoms with Gasteiger partial charge < -0.3 is 24.7 Å². The van der Waals surface area contributed by atoms with Crippen molar-refractivity contribution in [2.24, 2.45) is 5.73 Å². The first-order valence-electron chi connectivity index (χ1n) is 7.98. The summed E-state index contributed by atoms with van der Waals surface area (Å²) in [5, 5.41) is 0. The lowest BCUT2D eigenvalue weighted by molar-refractivity contribution is 0.0457. The van der Waals surface area contributed by atoms with Gasteiger partial charge in [0.25, 0.3) is 0 Å². The van der Waals surface area contributed by atoms with Gasteiger partial charge in [-0.1, -0.05) is 6.92 Å². The molecule has 6 nitrogen and oxygen atoms in total. The van der Waals surface area contributed by atoms with Gasteiger partial charge in [0, 0.05) is 45.6 Å². The van der Waals surface area contributed by atoms with Crippen LogP contribution in [0, 0.1) is 0 Å². The van der Waals surface area contributed by atoms with E-state index in [1.54, 1.807) is 0 Å². The van der Waals surface area contributed by atoms with Gasteiger partial charge in [0.05, 0.1) is 18.4 Å². The molecule has 0 aromatic carbocycles. The third kappa shape index (κ3) is 4.43. The molecule has 0 spiro atoms. The lowest BCUT2D eigenvalue weighted by Gasteiger charge is -2.33. The second-order valence-corrected chi connectivity index (χ2v) is 5.30. The number of hydrogen-bond donors (Lipinski definition) is 1. The molecule has 1 aliphatic heterocycles. The highest BCUT2D eigenvalue weighted by Crippen LogP contribution is 2.18. The largest absolute Gasteiger partial charge is 0.382 e. The number of rotatable bonds is 8. The van der Waals surface area contributed by atoms with Crippen molar-refractivity contribution in [3.05, 3.63) is 11.9 Å². The van der Waals surface area contributed by atoms with E-state index >= 15 is 0 Å². The Labute approximate surface area is 127 Å². The number of ether oxygens (including phenoxy) is 2. The first kappa shape index (κ1) is 16.3. The summed E-state index contributed by atoms with van der Waals surface area (Å²) in [6, 6.07) is 0. The zero-order valence-corrected chi connectivity index (χ0v) is 13.3. The fourth-order valence-corrected chi connectivity index (χ4v) is 2.57. The highest BCUT2D eigenvalue weighted by Gasteiger charge is 2.23. The van der Waals surface area contributed by atoms with Gasteiger partial charge >= 0.3 is 0 Å². The monoisotopic (exact) mass is 296 g/mol. The first-order chi connectivity index (χ1) is 10.3. The molecule has 120 valence electrons. The summed E-state index contributed by atoms with van der Waals surface area (Å²) in [7, 11) is 0. The molecule has 1 atom stereocenters. The van der Waals surface area contributed by atoms with Crippen molar-refractivity contribution in [3.63, 3.8) is 0 Å². The van der Waals surface area contributed by atoms with Crippen LogP contribution < -0.4 is 10.6 Å². The van der Waals surface area contributed by atoms with Crippen molar-refractivity contribution in [3.8, 4) is 0 Å². The summed E-state index contributed by atoms with van der Waals surface area (Å²) in [5.74, 6) is 1.05. The van der Waals surface area contributed by atoms with E-state index in [9.17, 15) is 0 Å². The van der Waals surface area contributed by atoms with E-state index in [0.717, 1.165) is 63.9 Å². The van der Waals surface area contributed by atoms with Crippen LogP contribution in [0.1, 0.15) is 26.0 Å². The quantitative estimate of drug-likeness (QED) is 0.726. The van der Waals surface area contributed by atoms with Crippen molar-refractivity contribution < 1.29 is 9.47 Å². The minimum Gasteiger partial charge on any atom is -0.382 e. The summed E-state index contributed by atoms with van der Waals surface area (Å²) in [5.41, 5.74) is 6.87. The van der Waals surface area contributed by atoms with Crippen molar-refractivity contribution in [1.82, 2.24) is 9.55 Å². The van der Waals surface area contributed by atoms with E-state index in [1.807, 2.05) is 6.92 Å². The number of nitrogens with zero attached hydrogens (tertiary/aromatic N) is 3. The highest BCUT2D eigenvalue weighted by molar-refractivity contribution is 5.34. The van der Waals surface area contributed by atoms with E-state index in [0.29, 0.717) is 6.54 Å². The molecule has 1 aromatic heterocycles. The third-order valence-corrected chi connectivity index (χ3v) is 3.74. The fourth-order valence-electron chi connectivity index (χ4n) is 2.57. The summed E-state index contributed by atoms with van der Waals surface area (Å²) < 4.78 is 13.3. The van der Waals surface area contributed by atoms with Gasteiger partial charge in [0.2, 0.25) is 5.95 Å². The molecule has 1 unspecified atom stereocenters. The smallest absolute Gasteiger partial charge is 0.205 e. The maximum absolute atomic E-state index is 5.73. The van der Waals surface area contributed by atoms with Gasteiger partial charge in [-0.3, -0.25) is 0 Å². The standard InChI is InChI=1S/C15H28N4O2/c1-3-13-11-18(6-5-8-20-4-2)15(17-13)19-7-9-21-14(10-16)12-19/h11,14H,3-10,12,16H2,1-2H3. The average molecular weight is 296 g/mol. The van der Waals surface area contributed by atoms with Crippen LogP contribution in [0.15, 0.2) is 6.20 Å². The molecule has 1 aliphatic rings. The van der Waals surface area contributed by atoms with Gasteiger partial charge in [-0.15, -0.1) is 0 Å². The fraction of sp³-hybridized carbons (Fsp3) is 0.800. The summed E-state index contributed by atoms with van der Waals surface area (Å²) in [6.07, 6.45) is 4.23. The van der Waals surface area contributed by atoms with Crippen LogP contribution in [-0.4, -0.2) is 55.1 Å². The van der Waals surface area contributed by atoms with Crippen LogP contribution in [0.25, 0.3) is 0 Å². The SMILES string of the molecule is CCOCCCn1cc(CC)nc1N1CCOC(CN)C1. The number of aryl methyl sites for hydroxylation is 2. The maximum atomic E-state index is 5.73. The Balaban J connectivity index is 2.03. The van der Waals surface area contributed by atoms with Crippen LogP contribution in [-0.2, 0) is 22.4 Å². The topological polar surface area (TPSA) is 65.5 Å². The van der Waals surface area contributed by atoms with Crippen molar-refractivity contribution >= 4 is 5.95 Å². The van der Waals surface area contributed by atoms with E-state index in [4.69, 9.17) is 20.2 Å². The van der Waals surface area contributed by atoms with Crippen LogP contribution in [0.2, 0.25) is 0 Å². The van der Waals surface area contributed by atoms with Crippen LogP contribution in [0.5, 0.6) is 0 Å². The van der Waals surface area contributed by atoms with Crippen molar-refractivity contribution in [1.29, 1.82) is 0 Å². The predicted octanol–water partition coefficient (Wildman–Crippen LogP) is 1.04. The Hall–Kier alpha value is -1.11. The summed E-state index contributed by atoms with van der Waals surface area (Å²) >= 11 is 0. The van der Waals surface area contributed by atoms with Gasteiger partial charge in [-0.2, -0.15) is 0 Å². The van der Waals surface area contributed by atoms with E-state index in [2.05, 4.69) is 22.6 Å². The third-order valence-electron chi connectivity index (χ3n) is 3.74. The number of aromatic nitrogens is 2. The Morgan fingerprint density at radius 1 is 1.48 bits per heavy atom. The van der Waals surface area contributed by atoms with Crippen LogP contribution >= 0.6 is 0 Å².